The Balaban J connectivity index is 0.000000150. The Morgan fingerprint density at radius 1 is 1.19 bits per heavy atom. The Kier molecular flexibility index (Phi) is 5.35. The largest absolute Gasteiger partial charge is 0.508 e. The maximum Gasteiger partial charge on any atom is 0.406 e. The minimum atomic E-state index is -0.791. The van der Waals surface area contributed by atoms with Crippen molar-refractivity contribution >= 4 is 11.8 Å². The number of hydrogen-bond acceptors (Lipinski definition) is 6. The summed E-state index contributed by atoms with van der Waals surface area (Å²) in [5.74, 6) is 0.378. The van der Waals surface area contributed by atoms with Crippen molar-refractivity contribution in [2.24, 2.45) is 5.73 Å². The van der Waals surface area contributed by atoms with Gasteiger partial charge in [-0.25, -0.2) is 4.79 Å². The first-order chi connectivity index (χ1) is 14.7. The smallest absolute Gasteiger partial charge is 0.406 e. The highest BCUT2D eigenvalue weighted by molar-refractivity contribution is 5.66. The molecule has 1 amide bonds. The van der Waals surface area contributed by atoms with E-state index in [0.717, 1.165) is 31.5 Å². The molecule has 7 nitrogen and oxygen atoms in total. The summed E-state index contributed by atoms with van der Waals surface area (Å²) < 4.78 is 5.13. The van der Waals surface area contributed by atoms with Crippen LogP contribution in [0.15, 0.2) is 42.5 Å². The van der Waals surface area contributed by atoms with Crippen LogP contribution in [0.5, 0.6) is 5.75 Å². The lowest BCUT2D eigenvalue weighted by Gasteiger charge is -2.35. The first kappa shape index (κ1) is 21.5. The van der Waals surface area contributed by atoms with Gasteiger partial charge >= 0.3 is 6.09 Å². The van der Waals surface area contributed by atoms with E-state index < -0.39 is 11.8 Å². The summed E-state index contributed by atoms with van der Waals surface area (Å²) in [6, 6.07) is 13.6. The maximum atomic E-state index is 10.8. The van der Waals surface area contributed by atoms with Crippen molar-refractivity contribution in [3.8, 4) is 5.75 Å². The molecule has 3 heterocycles. The van der Waals surface area contributed by atoms with Gasteiger partial charge in [-0.2, -0.15) is 0 Å². The van der Waals surface area contributed by atoms with Crippen LogP contribution >= 0.6 is 0 Å². The lowest BCUT2D eigenvalue weighted by atomic mass is 9.81. The third kappa shape index (κ3) is 3.62. The number of hydrogen-bond donors (Lipinski definition) is 3. The van der Waals surface area contributed by atoms with Gasteiger partial charge in [0.15, 0.2) is 5.72 Å². The van der Waals surface area contributed by atoms with E-state index >= 15 is 0 Å². The van der Waals surface area contributed by atoms with Crippen LogP contribution in [0.2, 0.25) is 0 Å². The third-order valence-electron chi connectivity index (χ3n) is 7.01. The molecule has 0 spiro atoms. The molecule has 0 aliphatic carbocycles. The molecule has 3 aliphatic heterocycles. The number of nitrogens with zero attached hydrogens (tertiary/aromatic N) is 2. The van der Waals surface area contributed by atoms with Gasteiger partial charge in [0.2, 0.25) is 0 Å². The van der Waals surface area contributed by atoms with Crippen molar-refractivity contribution in [3.63, 3.8) is 0 Å². The number of carbonyl (C=O) groups is 1. The monoisotopic (exact) mass is 424 g/mol. The van der Waals surface area contributed by atoms with Gasteiger partial charge in [-0.3, -0.25) is 10.2 Å². The molecule has 0 bridgehead atoms. The standard InChI is InChI=1S/C13H18N2O.C11H14N2O2/c1-13-6-7-14(2)12(13)15(3)11-5-4-9(16)8-10(11)13;1-11(15-10(12)14)9-5-3-2-4-8(9)6-7-13-11/h4-5,8,12,16H,6-7H2,1-3H3;2-5,13H,6-7H2,1H3,(H2,12,14)/t12-,13+;/m1./s1. The molecule has 0 aromatic heterocycles. The molecule has 4 N–H and O–H groups in total. The zero-order valence-corrected chi connectivity index (χ0v) is 18.7. The molecule has 2 aromatic rings. The number of benzene rings is 2. The number of aromatic hydroxyl groups is 1. The number of nitrogens with two attached hydrogens (primary N) is 1. The first-order valence-corrected chi connectivity index (χ1v) is 10.7. The van der Waals surface area contributed by atoms with Crippen molar-refractivity contribution in [3.05, 3.63) is 59.2 Å². The second kappa shape index (κ2) is 7.73. The molecule has 7 heteroatoms. The third-order valence-corrected chi connectivity index (χ3v) is 7.01. The lowest BCUT2D eigenvalue weighted by Crippen LogP contribution is -2.49. The summed E-state index contributed by atoms with van der Waals surface area (Å²) in [5, 5.41) is 12.8. The van der Waals surface area contributed by atoms with Crippen molar-refractivity contribution in [1.82, 2.24) is 10.2 Å². The highest BCUT2D eigenvalue weighted by atomic mass is 16.6. The summed E-state index contributed by atoms with van der Waals surface area (Å²) in [6.07, 6.45) is 1.77. The fourth-order valence-corrected chi connectivity index (χ4v) is 5.59. The SMILES string of the molecule is CC1(OC(N)=O)NCCc2ccccc21.CN1CC[C@@]2(C)c3cc(O)ccc3N(C)[C@@H]12. The molecule has 1 fully saturated rings. The van der Waals surface area contributed by atoms with Crippen LogP contribution in [-0.4, -0.2) is 49.5 Å². The van der Waals surface area contributed by atoms with E-state index in [9.17, 15) is 9.90 Å². The van der Waals surface area contributed by atoms with Crippen LogP contribution in [0, 0.1) is 0 Å². The molecule has 166 valence electrons. The second-order valence-corrected chi connectivity index (χ2v) is 9.12. The van der Waals surface area contributed by atoms with Crippen molar-refractivity contribution in [2.75, 3.05) is 32.1 Å². The highest BCUT2D eigenvalue weighted by Gasteiger charge is 2.52. The average molecular weight is 425 g/mol. The summed E-state index contributed by atoms with van der Waals surface area (Å²) in [4.78, 5) is 15.6. The van der Waals surface area contributed by atoms with Gasteiger partial charge in [-0.1, -0.05) is 31.2 Å². The predicted octanol–water partition coefficient (Wildman–Crippen LogP) is 2.86. The van der Waals surface area contributed by atoms with E-state index in [1.165, 1.54) is 16.8 Å². The van der Waals surface area contributed by atoms with Crippen LogP contribution in [0.1, 0.15) is 37.0 Å². The Morgan fingerprint density at radius 3 is 2.68 bits per heavy atom. The number of anilines is 1. The number of amides is 1. The number of primary amides is 1. The van der Waals surface area contributed by atoms with Crippen molar-refractivity contribution in [1.29, 1.82) is 0 Å². The molecule has 0 radical (unpaired) electrons. The van der Waals surface area contributed by atoms with Gasteiger partial charge in [-0.15, -0.1) is 0 Å². The second-order valence-electron chi connectivity index (χ2n) is 9.12. The zero-order chi connectivity index (χ0) is 22.4. The molecule has 31 heavy (non-hydrogen) atoms. The first-order valence-electron chi connectivity index (χ1n) is 10.7. The normalized spacial score (nSPS) is 28.8. The molecular weight excluding hydrogens is 392 g/mol. The van der Waals surface area contributed by atoms with E-state index in [1.54, 1.807) is 6.07 Å². The Labute approximate surface area is 183 Å². The molecule has 5 rings (SSSR count). The summed E-state index contributed by atoms with van der Waals surface area (Å²) in [7, 11) is 4.33. The van der Waals surface area contributed by atoms with Gasteiger partial charge in [0.25, 0.3) is 0 Å². The summed E-state index contributed by atoms with van der Waals surface area (Å²) in [6.45, 7) is 6.03. The summed E-state index contributed by atoms with van der Waals surface area (Å²) >= 11 is 0. The number of ether oxygens (including phenoxy) is 1. The fraction of sp³-hybridized carbons (Fsp3) is 0.458. The quantitative estimate of drug-likeness (QED) is 0.652. The van der Waals surface area contributed by atoms with E-state index in [-0.39, 0.29) is 5.41 Å². The zero-order valence-electron chi connectivity index (χ0n) is 18.7. The van der Waals surface area contributed by atoms with Gasteiger partial charge in [0, 0.05) is 36.8 Å². The minimum absolute atomic E-state index is 0.164. The number of rotatable bonds is 1. The Bertz CT molecular complexity index is 997. The molecule has 0 saturated carbocycles. The van der Waals surface area contributed by atoms with Crippen LogP contribution < -0.4 is 16.0 Å². The average Bonchev–Trinajstić information content (AvgIpc) is 3.14. The highest BCUT2D eigenvalue weighted by Crippen LogP contribution is 2.51. The minimum Gasteiger partial charge on any atom is -0.508 e. The van der Waals surface area contributed by atoms with Crippen molar-refractivity contribution in [2.45, 2.75) is 44.0 Å². The topological polar surface area (TPSA) is 91.1 Å². The van der Waals surface area contributed by atoms with Crippen LogP contribution in [0.3, 0.4) is 0 Å². The van der Waals surface area contributed by atoms with E-state index in [2.05, 4.69) is 36.1 Å². The number of carbonyl (C=O) groups excluding carboxylic acids is 1. The van der Waals surface area contributed by atoms with Crippen molar-refractivity contribution < 1.29 is 14.6 Å². The van der Waals surface area contributed by atoms with Gasteiger partial charge < -0.3 is 20.5 Å². The van der Waals surface area contributed by atoms with E-state index in [4.69, 9.17) is 10.5 Å². The van der Waals surface area contributed by atoms with Crippen LogP contribution in [0.25, 0.3) is 0 Å². The number of likely N-dealkylation sites (N-methyl/N-ethyl adjacent to an activating group) is 2. The Morgan fingerprint density at radius 2 is 1.94 bits per heavy atom. The summed E-state index contributed by atoms with van der Waals surface area (Å²) in [5.41, 5.74) is 9.17. The fourth-order valence-electron chi connectivity index (χ4n) is 5.59. The number of fused-ring (bicyclic) bond motifs is 4. The predicted molar refractivity (Wildman–Crippen MR) is 121 cm³/mol. The molecular formula is C24H32N4O3. The molecule has 3 aliphatic rings. The number of likely N-dealkylation sites (tertiary alicyclic amines) is 1. The molecule has 2 aromatic carbocycles. The maximum absolute atomic E-state index is 10.8. The number of nitrogens with one attached hydrogen (secondary N) is 1. The van der Waals surface area contributed by atoms with E-state index in [0.29, 0.717) is 11.9 Å². The van der Waals surface area contributed by atoms with Crippen LogP contribution in [0.4, 0.5) is 10.5 Å². The number of phenolic OH excluding ortho intramolecular Hbond substituents is 1. The lowest BCUT2D eigenvalue weighted by molar-refractivity contribution is -0.00509. The molecule has 1 saturated heterocycles. The molecule has 1 unspecified atom stereocenters. The van der Waals surface area contributed by atoms with Gasteiger partial charge in [0.1, 0.15) is 5.75 Å². The van der Waals surface area contributed by atoms with Gasteiger partial charge in [0.05, 0.1) is 6.17 Å². The van der Waals surface area contributed by atoms with Gasteiger partial charge in [-0.05, 0) is 56.1 Å². The number of phenols is 1. The Hall–Kier alpha value is -2.77. The molecule has 3 atom stereocenters. The van der Waals surface area contributed by atoms with Crippen LogP contribution in [-0.2, 0) is 22.3 Å². The van der Waals surface area contributed by atoms with E-state index in [1.807, 2.05) is 43.3 Å².